The monoisotopic (exact) mass is 547 g/mol. The van der Waals surface area contributed by atoms with Crippen LogP contribution in [0.15, 0.2) is 30.3 Å². The molecule has 1 aliphatic carbocycles. The molecule has 0 bridgehead atoms. The van der Waals surface area contributed by atoms with Crippen molar-refractivity contribution in [3.05, 3.63) is 58.8 Å². The Morgan fingerprint density at radius 1 is 1.15 bits per heavy atom. The van der Waals surface area contributed by atoms with Crippen LogP contribution in [0.25, 0.3) is 27.6 Å². The molecule has 8 heteroatoms. The Morgan fingerprint density at radius 3 is 2.55 bits per heavy atom. The van der Waals surface area contributed by atoms with Crippen LogP contribution in [0.5, 0.6) is 0 Å². The van der Waals surface area contributed by atoms with Crippen molar-refractivity contribution in [2.75, 3.05) is 20.2 Å². The number of pyridine rings is 1. The molecule has 1 saturated carbocycles. The van der Waals surface area contributed by atoms with Gasteiger partial charge in [0.1, 0.15) is 5.60 Å². The number of nitrogens with zero attached hydrogens (tertiary/aromatic N) is 3. The second-order valence-electron chi connectivity index (χ2n) is 11.8. The Labute approximate surface area is 235 Å². The number of amides is 1. The fourth-order valence-electron chi connectivity index (χ4n) is 5.47. The number of aromatic nitrogens is 2. The predicted molar refractivity (Wildman–Crippen MR) is 154 cm³/mol. The number of fused-ring (bicyclic) bond motifs is 1. The minimum absolute atomic E-state index is 0.248. The van der Waals surface area contributed by atoms with Crippen molar-refractivity contribution in [3.63, 3.8) is 0 Å². The summed E-state index contributed by atoms with van der Waals surface area (Å²) in [5, 5.41) is 0.367. The zero-order valence-electron chi connectivity index (χ0n) is 24.3. The van der Waals surface area contributed by atoms with E-state index >= 15 is 4.39 Å². The molecule has 0 spiro atoms. The summed E-state index contributed by atoms with van der Waals surface area (Å²) < 4.78 is 29.4. The van der Waals surface area contributed by atoms with Crippen molar-refractivity contribution in [3.8, 4) is 11.1 Å². The van der Waals surface area contributed by atoms with Gasteiger partial charge in [0.05, 0.1) is 30.4 Å². The first-order valence-corrected chi connectivity index (χ1v) is 14.1. The van der Waals surface area contributed by atoms with Crippen LogP contribution >= 0.6 is 0 Å². The van der Waals surface area contributed by atoms with E-state index in [2.05, 4.69) is 4.57 Å². The maximum atomic E-state index is 16.7. The number of rotatable bonds is 6. The number of carbonyl (C=O) groups is 2. The Balaban J connectivity index is 1.73. The molecule has 212 valence electrons. The van der Waals surface area contributed by atoms with Crippen LogP contribution in [0.4, 0.5) is 9.18 Å². The molecule has 0 saturated heterocycles. The molecule has 1 fully saturated rings. The fraction of sp³-hybridized carbons (Fsp3) is 0.469. The lowest BCUT2D eigenvalue weighted by molar-refractivity contribution is 0.0272. The van der Waals surface area contributed by atoms with Crippen LogP contribution in [-0.4, -0.2) is 52.3 Å². The normalized spacial score (nSPS) is 15.8. The van der Waals surface area contributed by atoms with Gasteiger partial charge >= 0.3 is 12.1 Å². The molecule has 3 aromatic rings. The Morgan fingerprint density at radius 2 is 1.90 bits per heavy atom. The highest BCUT2D eigenvalue weighted by Crippen LogP contribution is 2.42. The molecular weight excluding hydrogens is 509 g/mol. The first kappa shape index (κ1) is 27.9. The van der Waals surface area contributed by atoms with Crippen molar-refractivity contribution < 1.29 is 23.5 Å². The molecule has 3 heterocycles. The van der Waals surface area contributed by atoms with Crippen LogP contribution in [-0.2, 0) is 22.4 Å². The Hall–Kier alpha value is -3.68. The summed E-state index contributed by atoms with van der Waals surface area (Å²) in [7, 11) is 1.33. The number of halogens is 1. The molecular formula is C32H38FN3O4. The van der Waals surface area contributed by atoms with E-state index in [1.807, 2.05) is 52.8 Å². The van der Waals surface area contributed by atoms with Crippen LogP contribution in [0.1, 0.15) is 74.4 Å². The fourth-order valence-corrected chi connectivity index (χ4v) is 5.47. The summed E-state index contributed by atoms with van der Waals surface area (Å²) in [4.78, 5) is 32.1. The smallest absolute Gasteiger partial charge is 0.410 e. The average Bonchev–Trinajstić information content (AvgIpc) is 3.70. The van der Waals surface area contributed by atoms with Gasteiger partial charge in [0.15, 0.2) is 5.82 Å². The number of hydrogen-bond donors (Lipinski definition) is 0. The van der Waals surface area contributed by atoms with Gasteiger partial charge in [0.25, 0.3) is 0 Å². The number of ether oxygens (including phenoxy) is 2. The topological polar surface area (TPSA) is 73.7 Å². The molecule has 40 heavy (non-hydrogen) atoms. The highest BCUT2D eigenvalue weighted by molar-refractivity contribution is 6.04. The lowest BCUT2D eigenvalue weighted by atomic mass is 9.97. The van der Waals surface area contributed by atoms with Gasteiger partial charge in [-0.15, -0.1) is 0 Å². The maximum Gasteiger partial charge on any atom is 0.410 e. The number of esters is 1. The molecule has 0 N–H and O–H groups in total. The third-order valence-electron chi connectivity index (χ3n) is 7.50. The molecule has 7 nitrogen and oxygen atoms in total. The van der Waals surface area contributed by atoms with Crippen LogP contribution in [0.3, 0.4) is 0 Å². The van der Waals surface area contributed by atoms with Crippen molar-refractivity contribution >= 4 is 28.5 Å². The second-order valence-corrected chi connectivity index (χ2v) is 11.8. The van der Waals surface area contributed by atoms with E-state index in [4.69, 9.17) is 14.5 Å². The number of hydrogen-bond acceptors (Lipinski definition) is 5. The minimum atomic E-state index is -0.622. The summed E-state index contributed by atoms with van der Waals surface area (Å²) in [5.74, 6) is -0.460. The van der Waals surface area contributed by atoms with Gasteiger partial charge in [-0.05, 0) is 83.1 Å². The second kappa shape index (κ2) is 10.7. The van der Waals surface area contributed by atoms with Crippen LogP contribution < -0.4 is 0 Å². The Kier molecular flexibility index (Phi) is 7.46. The molecule has 1 aliphatic heterocycles. The van der Waals surface area contributed by atoms with Crippen LogP contribution in [0, 0.1) is 18.7 Å². The summed E-state index contributed by atoms with van der Waals surface area (Å²) in [5.41, 5.74) is 5.03. The van der Waals surface area contributed by atoms with E-state index in [0.29, 0.717) is 42.9 Å². The Bertz CT molecular complexity index is 1510. The average molecular weight is 548 g/mol. The van der Waals surface area contributed by atoms with Gasteiger partial charge in [-0.3, -0.25) is 4.98 Å². The summed E-state index contributed by atoms with van der Waals surface area (Å²) in [6, 6.07) is 7.34. The largest absolute Gasteiger partial charge is 0.465 e. The van der Waals surface area contributed by atoms with Gasteiger partial charge in [0, 0.05) is 41.0 Å². The third kappa shape index (κ3) is 5.49. The summed E-state index contributed by atoms with van der Waals surface area (Å²) >= 11 is 0. The minimum Gasteiger partial charge on any atom is -0.465 e. The zero-order valence-corrected chi connectivity index (χ0v) is 24.3. The SMILES string of the molecule is CCc1nc(C)ccc1-c1cc(C(=O)OC)cc2c(F)c(C3=CCCN(C(=O)OC(C)(C)C)C3)n(CC3CC3)c12. The molecule has 1 aromatic carbocycles. The van der Waals surface area contributed by atoms with E-state index in [1.54, 1.807) is 17.0 Å². The molecule has 0 radical (unpaired) electrons. The summed E-state index contributed by atoms with van der Waals surface area (Å²) in [6.45, 7) is 10.9. The zero-order chi connectivity index (χ0) is 28.8. The van der Waals surface area contributed by atoms with E-state index in [9.17, 15) is 9.59 Å². The molecule has 0 atom stereocenters. The first-order chi connectivity index (χ1) is 19.0. The van der Waals surface area contributed by atoms with E-state index in [1.165, 1.54) is 7.11 Å². The van der Waals surface area contributed by atoms with Gasteiger partial charge < -0.3 is 18.9 Å². The number of benzene rings is 1. The van der Waals surface area contributed by atoms with Crippen molar-refractivity contribution in [1.82, 2.24) is 14.5 Å². The highest BCUT2D eigenvalue weighted by atomic mass is 19.1. The van der Waals surface area contributed by atoms with Gasteiger partial charge in [-0.2, -0.15) is 0 Å². The number of carbonyl (C=O) groups excluding carboxylic acids is 2. The lowest BCUT2D eigenvalue weighted by Crippen LogP contribution is -2.40. The third-order valence-corrected chi connectivity index (χ3v) is 7.50. The van der Waals surface area contributed by atoms with E-state index < -0.39 is 23.5 Å². The van der Waals surface area contributed by atoms with Crippen molar-refractivity contribution in [1.29, 1.82) is 0 Å². The van der Waals surface area contributed by atoms with E-state index in [-0.39, 0.29) is 12.1 Å². The first-order valence-electron chi connectivity index (χ1n) is 14.1. The van der Waals surface area contributed by atoms with Gasteiger partial charge in [-0.25, -0.2) is 14.0 Å². The van der Waals surface area contributed by atoms with Crippen LogP contribution in [0.2, 0.25) is 0 Å². The number of methoxy groups -OCH3 is 1. The molecule has 2 aliphatic rings. The molecule has 2 aromatic heterocycles. The highest BCUT2D eigenvalue weighted by Gasteiger charge is 2.32. The standard InChI is InChI=1S/C32H38FN3O4/c1-7-26-23(13-10-19(2)34-26)24-15-22(30(37)39-6)16-25-27(33)28(36(29(24)25)17-20-11-12-20)21-9-8-14-35(18-21)31(38)40-32(3,4)5/h9-10,13,15-16,20H,7-8,11-12,14,17-18H2,1-6H3. The number of aryl methyl sites for hydroxylation is 2. The lowest BCUT2D eigenvalue weighted by Gasteiger charge is -2.30. The van der Waals surface area contributed by atoms with Gasteiger partial charge in [0.2, 0.25) is 0 Å². The van der Waals surface area contributed by atoms with Crippen molar-refractivity contribution in [2.24, 2.45) is 5.92 Å². The summed E-state index contributed by atoms with van der Waals surface area (Å²) in [6.07, 6.45) is 5.08. The van der Waals surface area contributed by atoms with Gasteiger partial charge in [-0.1, -0.05) is 19.1 Å². The molecule has 0 unspecified atom stereocenters. The molecule has 1 amide bonds. The van der Waals surface area contributed by atoms with E-state index in [0.717, 1.165) is 46.4 Å². The quantitative estimate of drug-likeness (QED) is 0.313. The molecule has 5 rings (SSSR count). The maximum absolute atomic E-state index is 16.7. The predicted octanol–water partition coefficient (Wildman–Crippen LogP) is 6.93. The van der Waals surface area contributed by atoms with Crippen molar-refractivity contribution in [2.45, 2.75) is 72.4 Å².